The van der Waals surface area contributed by atoms with E-state index in [1.807, 2.05) is 12.2 Å². The average molecular weight is 286 g/mol. The smallest absolute Gasteiger partial charge is 0.261 e. The molecule has 0 fully saturated rings. The summed E-state index contributed by atoms with van der Waals surface area (Å²) in [6.07, 6.45) is 4.83. The summed E-state index contributed by atoms with van der Waals surface area (Å²) in [6.45, 7) is 1.28. The zero-order valence-corrected chi connectivity index (χ0v) is 11.1. The van der Waals surface area contributed by atoms with E-state index in [0.29, 0.717) is 18.7 Å². The second kappa shape index (κ2) is 5.12. The SMILES string of the molecule is O=C(c1ccc(S(=O)(=O)Cl)cc1)N1CC=CCC1. The van der Waals surface area contributed by atoms with Gasteiger partial charge in [-0.2, -0.15) is 0 Å². The van der Waals surface area contributed by atoms with Gasteiger partial charge in [-0.3, -0.25) is 4.79 Å². The van der Waals surface area contributed by atoms with Crippen LogP contribution in [0.25, 0.3) is 0 Å². The fourth-order valence-electron chi connectivity index (χ4n) is 1.77. The fraction of sp³-hybridized carbons (Fsp3) is 0.250. The van der Waals surface area contributed by atoms with Crippen LogP contribution in [0.1, 0.15) is 16.8 Å². The van der Waals surface area contributed by atoms with Crippen LogP contribution in [-0.2, 0) is 9.05 Å². The van der Waals surface area contributed by atoms with Gasteiger partial charge in [-0.15, -0.1) is 0 Å². The molecule has 1 aromatic rings. The van der Waals surface area contributed by atoms with Gasteiger partial charge in [0.15, 0.2) is 0 Å². The predicted molar refractivity (Wildman–Crippen MR) is 69.1 cm³/mol. The zero-order valence-electron chi connectivity index (χ0n) is 9.54. The maximum atomic E-state index is 12.1. The first kappa shape index (κ1) is 13.1. The highest BCUT2D eigenvalue weighted by Crippen LogP contribution is 2.16. The van der Waals surface area contributed by atoms with Crippen molar-refractivity contribution in [3.05, 3.63) is 42.0 Å². The minimum Gasteiger partial charge on any atom is -0.335 e. The van der Waals surface area contributed by atoms with Crippen LogP contribution in [0, 0.1) is 0 Å². The third-order valence-electron chi connectivity index (χ3n) is 2.73. The second-order valence-electron chi connectivity index (χ2n) is 3.97. The number of nitrogens with zero attached hydrogens (tertiary/aromatic N) is 1. The first-order valence-electron chi connectivity index (χ1n) is 5.47. The Kier molecular flexibility index (Phi) is 3.73. The van der Waals surface area contributed by atoms with Gasteiger partial charge in [0.2, 0.25) is 0 Å². The van der Waals surface area contributed by atoms with Gasteiger partial charge >= 0.3 is 0 Å². The highest BCUT2D eigenvalue weighted by atomic mass is 35.7. The maximum absolute atomic E-state index is 12.1. The van der Waals surface area contributed by atoms with E-state index >= 15 is 0 Å². The molecule has 0 saturated heterocycles. The van der Waals surface area contributed by atoms with Crippen molar-refractivity contribution >= 4 is 25.6 Å². The van der Waals surface area contributed by atoms with E-state index in [0.717, 1.165) is 6.42 Å². The Morgan fingerprint density at radius 2 is 1.83 bits per heavy atom. The monoisotopic (exact) mass is 285 g/mol. The molecule has 4 nitrogen and oxygen atoms in total. The molecule has 0 aliphatic carbocycles. The average Bonchev–Trinajstić information content (AvgIpc) is 2.38. The lowest BCUT2D eigenvalue weighted by atomic mass is 10.1. The molecule has 0 aromatic heterocycles. The summed E-state index contributed by atoms with van der Waals surface area (Å²) >= 11 is 0. The number of rotatable bonds is 2. The summed E-state index contributed by atoms with van der Waals surface area (Å²) in [4.78, 5) is 13.8. The van der Waals surface area contributed by atoms with Crippen molar-refractivity contribution in [3.8, 4) is 0 Å². The molecule has 96 valence electrons. The summed E-state index contributed by atoms with van der Waals surface area (Å²) in [5.74, 6) is -0.0992. The Balaban J connectivity index is 2.19. The lowest BCUT2D eigenvalue weighted by molar-refractivity contribution is 0.0771. The highest BCUT2D eigenvalue weighted by Gasteiger charge is 2.17. The van der Waals surface area contributed by atoms with E-state index in [2.05, 4.69) is 0 Å². The largest absolute Gasteiger partial charge is 0.335 e. The van der Waals surface area contributed by atoms with Crippen LogP contribution < -0.4 is 0 Å². The Hall–Kier alpha value is -1.33. The zero-order chi connectivity index (χ0) is 13.2. The standard InChI is InChI=1S/C12H12ClNO3S/c13-18(16,17)11-6-4-10(5-7-11)12(15)14-8-2-1-3-9-14/h1-2,4-7H,3,8-9H2. The third kappa shape index (κ3) is 2.91. The molecule has 1 amide bonds. The topological polar surface area (TPSA) is 54.5 Å². The molecule has 0 N–H and O–H groups in total. The number of carbonyl (C=O) groups excluding carboxylic acids is 1. The van der Waals surface area contributed by atoms with Crippen LogP contribution in [0.15, 0.2) is 41.3 Å². The Bertz CT molecular complexity index is 578. The fourth-order valence-corrected chi connectivity index (χ4v) is 2.54. The molecule has 1 heterocycles. The predicted octanol–water partition coefficient (Wildman–Crippen LogP) is 2.02. The molecule has 0 radical (unpaired) electrons. The number of amides is 1. The summed E-state index contributed by atoms with van der Waals surface area (Å²) in [7, 11) is 1.47. The van der Waals surface area contributed by atoms with Crippen molar-refractivity contribution in [2.75, 3.05) is 13.1 Å². The molecule has 1 aromatic carbocycles. The van der Waals surface area contributed by atoms with Crippen molar-refractivity contribution in [1.29, 1.82) is 0 Å². The first-order valence-corrected chi connectivity index (χ1v) is 7.78. The minimum absolute atomic E-state index is 0.000688. The molecule has 0 saturated carbocycles. The lowest BCUT2D eigenvalue weighted by Crippen LogP contribution is -2.33. The molecule has 6 heteroatoms. The minimum atomic E-state index is -3.73. The van der Waals surface area contributed by atoms with Crippen LogP contribution in [0.5, 0.6) is 0 Å². The molecule has 0 bridgehead atoms. The van der Waals surface area contributed by atoms with Crippen molar-refractivity contribution < 1.29 is 13.2 Å². The summed E-state index contributed by atoms with van der Waals surface area (Å²) in [5, 5.41) is 0. The van der Waals surface area contributed by atoms with E-state index in [-0.39, 0.29) is 10.8 Å². The van der Waals surface area contributed by atoms with Crippen LogP contribution in [-0.4, -0.2) is 32.3 Å². The van der Waals surface area contributed by atoms with Gasteiger partial charge in [0, 0.05) is 29.3 Å². The molecule has 18 heavy (non-hydrogen) atoms. The number of hydrogen-bond donors (Lipinski definition) is 0. The van der Waals surface area contributed by atoms with Crippen molar-refractivity contribution in [1.82, 2.24) is 4.90 Å². The van der Waals surface area contributed by atoms with Gasteiger partial charge in [0.1, 0.15) is 0 Å². The molecule has 1 aliphatic heterocycles. The second-order valence-corrected chi connectivity index (χ2v) is 6.54. The van der Waals surface area contributed by atoms with E-state index < -0.39 is 9.05 Å². The highest BCUT2D eigenvalue weighted by molar-refractivity contribution is 8.13. The van der Waals surface area contributed by atoms with Crippen LogP contribution >= 0.6 is 10.7 Å². The Labute approximate surface area is 110 Å². The van der Waals surface area contributed by atoms with Gasteiger partial charge < -0.3 is 4.90 Å². The summed E-state index contributed by atoms with van der Waals surface area (Å²) < 4.78 is 22.2. The van der Waals surface area contributed by atoms with Crippen LogP contribution in [0.3, 0.4) is 0 Å². The molecule has 0 unspecified atom stereocenters. The molecule has 1 aliphatic rings. The lowest BCUT2D eigenvalue weighted by Gasteiger charge is -2.23. The third-order valence-corrected chi connectivity index (χ3v) is 4.10. The van der Waals surface area contributed by atoms with E-state index in [1.165, 1.54) is 24.3 Å². The van der Waals surface area contributed by atoms with Gasteiger partial charge in [-0.1, -0.05) is 12.2 Å². The quantitative estimate of drug-likeness (QED) is 0.617. The van der Waals surface area contributed by atoms with E-state index in [9.17, 15) is 13.2 Å². The molecular weight excluding hydrogens is 274 g/mol. The maximum Gasteiger partial charge on any atom is 0.261 e. The normalized spacial score (nSPS) is 15.7. The Morgan fingerprint density at radius 3 is 2.33 bits per heavy atom. The molecule has 0 atom stereocenters. The summed E-state index contributed by atoms with van der Waals surface area (Å²) in [6, 6.07) is 5.65. The molecule has 2 rings (SSSR count). The number of halogens is 1. The van der Waals surface area contributed by atoms with Crippen LogP contribution in [0.4, 0.5) is 0 Å². The first-order chi connectivity index (χ1) is 8.48. The number of hydrogen-bond acceptors (Lipinski definition) is 3. The molecular formula is C12H12ClNO3S. The number of benzene rings is 1. The number of carbonyl (C=O) groups is 1. The Morgan fingerprint density at radius 1 is 1.17 bits per heavy atom. The molecule has 0 spiro atoms. The van der Waals surface area contributed by atoms with Crippen LogP contribution in [0.2, 0.25) is 0 Å². The summed E-state index contributed by atoms with van der Waals surface area (Å²) in [5.41, 5.74) is 0.467. The van der Waals surface area contributed by atoms with Gasteiger partial charge in [-0.05, 0) is 30.7 Å². The van der Waals surface area contributed by atoms with Gasteiger partial charge in [-0.25, -0.2) is 8.42 Å². The van der Waals surface area contributed by atoms with Gasteiger partial charge in [0.05, 0.1) is 4.90 Å². The van der Waals surface area contributed by atoms with Crippen molar-refractivity contribution in [3.63, 3.8) is 0 Å². The van der Waals surface area contributed by atoms with Gasteiger partial charge in [0.25, 0.3) is 15.0 Å². The van der Waals surface area contributed by atoms with E-state index in [1.54, 1.807) is 4.90 Å². The van der Waals surface area contributed by atoms with Crippen molar-refractivity contribution in [2.45, 2.75) is 11.3 Å². The van der Waals surface area contributed by atoms with Crippen molar-refractivity contribution in [2.24, 2.45) is 0 Å². The van der Waals surface area contributed by atoms with E-state index in [4.69, 9.17) is 10.7 Å².